The molecule has 164 valence electrons. The predicted molar refractivity (Wildman–Crippen MR) is 111 cm³/mol. The number of rotatable bonds is 5. The second kappa shape index (κ2) is 7.52. The largest absolute Gasteiger partial charge is 0.507 e. The van der Waals surface area contributed by atoms with Gasteiger partial charge in [-0.2, -0.15) is 0 Å². The zero-order valence-electron chi connectivity index (χ0n) is 17.6. The minimum absolute atomic E-state index is 0.00939. The molecule has 4 rings (SSSR count). The van der Waals surface area contributed by atoms with E-state index >= 15 is 0 Å². The zero-order chi connectivity index (χ0) is 23.2. The number of aliphatic hydroxyl groups is 1. The van der Waals surface area contributed by atoms with Crippen LogP contribution in [0.4, 0.5) is 0 Å². The van der Waals surface area contributed by atoms with Gasteiger partial charge in [0, 0.05) is 31.1 Å². The van der Waals surface area contributed by atoms with Crippen LogP contribution in [0.2, 0.25) is 0 Å². The first-order chi connectivity index (χ1) is 15.2. The van der Waals surface area contributed by atoms with E-state index in [9.17, 15) is 24.6 Å². The highest BCUT2D eigenvalue weighted by molar-refractivity contribution is 6.25. The second-order valence-corrected chi connectivity index (χ2v) is 7.60. The van der Waals surface area contributed by atoms with Crippen LogP contribution < -0.4 is 14.8 Å². The maximum atomic E-state index is 13.2. The lowest BCUT2D eigenvalue weighted by atomic mass is 9.71. The summed E-state index contributed by atoms with van der Waals surface area (Å²) in [5.74, 6) is -2.86. The molecule has 1 aromatic carbocycles. The third kappa shape index (κ3) is 3.01. The molecular formula is C23H20N2O7. The van der Waals surface area contributed by atoms with Gasteiger partial charge < -0.3 is 25.0 Å². The van der Waals surface area contributed by atoms with Crippen LogP contribution in [0.3, 0.4) is 0 Å². The van der Waals surface area contributed by atoms with Gasteiger partial charge in [-0.15, -0.1) is 0 Å². The number of phenolic OH excluding ortho intramolecular Hbond substituents is 1. The van der Waals surface area contributed by atoms with E-state index in [-0.39, 0.29) is 40.7 Å². The molecule has 3 N–H and O–H groups in total. The highest BCUT2D eigenvalue weighted by atomic mass is 16.5. The summed E-state index contributed by atoms with van der Waals surface area (Å²) in [5.41, 5.74) is -1.25. The Labute approximate surface area is 183 Å². The number of aromatic hydroxyl groups is 1. The Morgan fingerprint density at radius 2 is 2.06 bits per heavy atom. The SMILES string of the molecule is COc1cc(O)c2c(c1C(=O)NCc1cccnc1)OC1=CC(O)=C(C(C)=O)C(=O)[C@]12C. The maximum absolute atomic E-state index is 13.2. The van der Waals surface area contributed by atoms with Crippen molar-refractivity contribution in [2.45, 2.75) is 25.8 Å². The van der Waals surface area contributed by atoms with Crippen molar-refractivity contribution < 1.29 is 34.1 Å². The van der Waals surface area contributed by atoms with Gasteiger partial charge in [-0.3, -0.25) is 19.4 Å². The van der Waals surface area contributed by atoms with E-state index in [1.807, 2.05) is 0 Å². The molecule has 1 atom stereocenters. The van der Waals surface area contributed by atoms with Crippen LogP contribution in [0.1, 0.15) is 35.3 Å². The Hall–Kier alpha value is -4.14. The molecule has 0 saturated carbocycles. The van der Waals surface area contributed by atoms with Crippen LogP contribution >= 0.6 is 0 Å². The van der Waals surface area contributed by atoms with Crippen LogP contribution in [0.15, 0.2) is 53.8 Å². The number of carbonyl (C=O) groups is 3. The minimum atomic E-state index is -1.60. The topological polar surface area (TPSA) is 135 Å². The molecule has 1 aliphatic carbocycles. The second-order valence-electron chi connectivity index (χ2n) is 7.60. The van der Waals surface area contributed by atoms with Gasteiger partial charge in [-0.05, 0) is 25.5 Å². The number of Topliss-reactive ketones (excluding diaryl/α,β-unsaturated/α-hetero) is 2. The summed E-state index contributed by atoms with van der Waals surface area (Å²) >= 11 is 0. The number of ketones is 2. The summed E-state index contributed by atoms with van der Waals surface area (Å²) in [6.07, 6.45) is 4.37. The van der Waals surface area contributed by atoms with Crippen molar-refractivity contribution in [1.82, 2.24) is 10.3 Å². The number of amides is 1. The first-order valence-electron chi connectivity index (χ1n) is 9.70. The number of hydrogen-bond acceptors (Lipinski definition) is 8. The third-order valence-corrected chi connectivity index (χ3v) is 5.61. The third-order valence-electron chi connectivity index (χ3n) is 5.61. The first kappa shape index (κ1) is 21.1. The van der Waals surface area contributed by atoms with Gasteiger partial charge >= 0.3 is 0 Å². The normalized spacial score (nSPS) is 19.0. The van der Waals surface area contributed by atoms with Crippen molar-refractivity contribution in [3.05, 3.63) is 70.5 Å². The number of aromatic nitrogens is 1. The fraction of sp³-hybridized carbons (Fsp3) is 0.217. The molecule has 0 unspecified atom stereocenters. The molecule has 1 amide bonds. The van der Waals surface area contributed by atoms with E-state index in [0.29, 0.717) is 0 Å². The summed E-state index contributed by atoms with van der Waals surface area (Å²) < 4.78 is 11.1. The van der Waals surface area contributed by atoms with Gasteiger partial charge in [-0.25, -0.2) is 0 Å². The number of benzene rings is 1. The smallest absolute Gasteiger partial charge is 0.259 e. The fourth-order valence-electron chi connectivity index (χ4n) is 3.99. The molecule has 1 aliphatic heterocycles. The highest BCUT2D eigenvalue weighted by Gasteiger charge is 2.55. The molecule has 0 spiro atoms. The van der Waals surface area contributed by atoms with Crippen LogP contribution in [-0.2, 0) is 21.5 Å². The quantitative estimate of drug-likeness (QED) is 0.608. The Bertz CT molecular complexity index is 1230. The van der Waals surface area contributed by atoms with E-state index < -0.39 is 34.2 Å². The molecule has 32 heavy (non-hydrogen) atoms. The van der Waals surface area contributed by atoms with Crippen molar-refractivity contribution >= 4 is 17.5 Å². The van der Waals surface area contributed by atoms with E-state index in [1.54, 1.807) is 24.5 Å². The number of hydrogen-bond donors (Lipinski definition) is 3. The summed E-state index contributed by atoms with van der Waals surface area (Å²) in [6.45, 7) is 2.79. The molecule has 2 aromatic rings. The summed E-state index contributed by atoms with van der Waals surface area (Å²) in [7, 11) is 1.33. The van der Waals surface area contributed by atoms with Gasteiger partial charge in [-0.1, -0.05) is 6.07 Å². The molecule has 2 aliphatic rings. The lowest BCUT2D eigenvalue weighted by molar-refractivity contribution is -0.123. The number of methoxy groups -OCH3 is 1. The fourth-order valence-corrected chi connectivity index (χ4v) is 3.99. The number of pyridine rings is 1. The zero-order valence-corrected chi connectivity index (χ0v) is 17.6. The van der Waals surface area contributed by atoms with Crippen molar-refractivity contribution in [2.75, 3.05) is 7.11 Å². The molecule has 0 bridgehead atoms. The number of carbonyl (C=O) groups excluding carboxylic acids is 3. The number of aliphatic hydroxyl groups excluding tert-OH is 1. The molecular weight excluding hydrogens is 416 g/mol. The molecule has 0 radical (unpaired) electrons. The lowest BCUT2D eigenvalue weighted by Gasteiger charge is -2.27. The van der Waals surface area contributed by atoms with Crippen molar-refractivity contribution in [3.63, 3.8) is 0 Å². The lowest BCUT2D eigenvalue weighted by Crippen LogP contribution is -2.38. The molecule has 0 fully saturated rings. The van der Waals surface area contributed by atoms with E-state index in [0.717, 1.165) is 18.6 Å². The van der Waals surface area contributed by atoms with Gasteiger partial charge in [0.15, 0.2) is 17.3 Å². The number of fused-ring (bicyclic) bond motifs is 3. The van der Waals surface area contributed by atoms with Gasteiger partial charge in [0.1, 0.15) is 39.6 Å². The van der Waals surface area contributed by atoms with Gasteiger partial charge in [0.25, 0.3) is 5.91 Å². The molecule has 9 heteroatoms. The Morgan fingerprint density at radius 3 is 2.69 bits per heavy atom. The van der Waals surface area contributed by atoms with Crippen LogP contribution in [0.25, 0.3) is 0 Å². The average molecular weight is 436 g/mol. The monoisotopic (exact) mass is 436 g/mol. The Balaban J connectivity index is 1.82. The van der Waals surface area contributed by atoms with Gasteiger partial charge in [0.05, 0.1) is 12.7 Å². The van der Waals surface area contributed by atoms with E-state index in [4.69, 9.17) is 9.47 Å². The maximum Gasteiger partial charge on any atom is 0.259 e. The molecule has 1 aromatic heterocycles. The molecule has 0 saturated heterocycles. The number of nitrogens with one attached hydrogen (secondary N) is 1. The van der Waals surface area contributed by atoms with Crippen molar-refractivity contribution in [3.8, 4) is 17.2 Å². The Morgan fingerprint density at radius 1 is 1.31 bits per heavy atom. The number of ether oxygens (including phenoxy) is 2. The standard InChI is InChI=1S/C23H20N2O7/c1-11(26)17-13(27)8-16-23(2,21(17)29)19-14(28)7-15(31-3)18(20(19)32-16)22(30)25-10-12-5-4-6-24-9-12/h4-9,27-28H,10H2,1-3H3,(H,25,30)/t23-/m1/s1. The van der Waals surface area contributed by atoms with Crippen LogP contribution in [0, 0.1) is 0 Å². The number of allylic oxidation sites excluding steroid dienone is 3. The highest BCUT2D eigenvalue weighted by Crippen LogP contribution is 2.56. The van der Waals surface area contributed by atoms with E-state index in [2.05, 4.69) is 10.3 Å². The van der Waals surface area contributed by atoms with Crippen LogP contribution in [0.5, 0.6) is 17.2 Å². The predicted octanol–water partition coefficient (Wildman–Crippen LogP) is 2.24. The summed E-state index contributed by atoms with van der Waals surface area (Å²) in [4.78, 5) is 42.3. The van der Waals surface area contributed by atoms with Gasteiger partial charge in [0.2, 0.25) is 0 Å². The van der Waals surface area contributed by atoms with Crippen molar-refractivity contribution in [2.24, 2.45) is 0 Å². The molecule has 2 heterocycles. The number of nitrogens with zero attached hydrogens (tertiary/aromatic N) is 1. The summed E-state index contributed by atoms with van der Waals surface area (Å²) in [5, 5.41) is 23.7. The molecule has 9 nitrogen and oxygen atoms in total. The number of phenols is 1. The van der Waals surface area contributed by atoms with Crippen molar-refractivity contribution in [1.29, 1.82) is 0 Å². The van der Waals surface area contributed by atoms with E-state index in [1.165, 1.54) is 20.1 Å². The first-order valence-corrected chi connectivity index (χ1v) is 9.70. The summed E-state index contributed by atoms with van der Waals surface area (Å²) in [6, 6.07) is 4.74. The minimum Gasteiger partial charge on any atom is -0.507 e. The Kier molecular flexibility index (Phi) is 4.96. The average Bonchev–Trinajstić information content (AvgIpc) is 3.06. The van der Waals surface area contributed by atoms with Crippen LogP contribution in [-0.4, -0.2) is 39.8 Å².